The van der Waals surface area contributed by atoms with E-state index in [4.69, 9.17) is 24.4 Å². The van der Waals surface area contributed by atoms with Crippen LogP contribution in [0, 0.1) is 13.8 Å². The Morgan fingerprint density at radius 2 is 1.37 bits per heavy atom. The first-order chi connectivity index (χ1) is 17.0. The van der Waals surface area contributed by atoms with E-state index < -0.39 is 5.97 Å². The Labute approximate surface area is 203 Å². The maximum atomic E-state index is 11.1. The number of carbonyl (C=O) groups excluding carboxylic acids is 1. The minimum Gasteiger partial charge on any atom is -0.507 e. The number of aryl methyl sites for hydroxylation is 2. The predicted molar refractivity (Wildman–Crippen MR) is 134 cm³/mol. The monoisotopic (exact) mass is 467 g/mol. The van der Waals surface area contributed by atoms with Gasteiger partial charge in [-0.3, -0.25) is 0 Å². The van der Waals surface area contributed by atoms with Crippen LogP contribution in [-0.4, -0.2) is 39.2 Å². The minimum absolute atomic E-state index is 0.0387. The lowest BCUT2D eigenvalue weighted by atomic mass is 10.1. The molecule has 0 saturated heterocycles. The van der Waals surface area contributed by atoms with Crippen LogP contribution in [0.1, 0.15) is 11.1 Å². The van der Waals surface area contributed by atoms with E-state index in [0.717, 1.165) is 28.3 Å². The van der Waals surface area contributed by atoms with Gasteiger partial charge in [0.25, 0.3) is 0 Å². The van der Waals surface area contributed by atoms with Gasteiger partial charge < -0.3 is 14.6 Å². The van der Waals surface area contributed by atoms with Crippen LogP contribution in [-0.2, 0) is 9.53 Å². The van der Waals surface area contributed by atoms with Crippen molar-refractivity contribution >= 4 is 5.97 Å². The molecule has 7 nitrogen and oxygen atoms in total. The summed E-state index contributed by atoms with van der Waals surface area (Å²) in [7, 11) is 0. The minimum atomic E-state index is -0.518. The molecule has 0 fully saturated rings. The third-order valence-electron chi connectivity index (χ3n) is 5.38. The van der Waals surface area contributed by atoms with Gasteiger partial charge in [0.1, 0.15) is 24.7 Å². The van der Waals surface area contributed by atoms with E-state index in [-0.39, 0.29) is 19.0 Å². The highest BCUT2D eigenvalue weighted by molar-refractivity contribution is 5.81. The van der Waals surface area contributed by atoms with E-state index in [1.54, 1.807) is 12.1 Å². The van der Waals surface area contributed by atoms with E-state index in [1.165, 1.54) is 6.07 Å². The Morgan fingerprint density at radius 3 is 1.89 bits per heavy atom. The number of carbonyl (C=O) groups is 1. The number of aromatic hydroxyl groups is 1. The largest absolute Gasteiger partial charge is 0.507 e. The van der Waals surface area contributed by atoms with E-state index in [0.29, 0.717) is 28.8 Å². The van der Waals surface area contributed by atoms with E-state index >= 15 is 0 Å². The molecule has 1 aromatic heterocycles. The molecule has 0 aliphatic rings. The molecule has 4 aromatic rings. The molecule has 0 amide bonds. The van der Waals surface area contributed by atoms with Gasteiger partial charge in [-0.1, -0.05) is 55.1 Å². The van der Waals surface area contributed by atoms with Gasteiger partial charge >= 0.3 is 5.97 Å². The SMILES string of the molecule is C=CC(=O)OCCOc1ccc(-c2nc(-c3ccccc3C)nc(-c3ccccc3C)n2)c(O)c1. The summed E-state index contributed by atoms with van der Waals surface area (Å²) in [5.74, 6) is 1.26. The van der Waals surface area contributed by atoms with E-state index in [2.05, 4.69) is 6.58 Å². The van der Waals surface area contributed by atoms with Crippen LogP contribution in [0.2, 0.25) is 0 Å². The van der Waals surface area contributed by atoms with Gasteiger partial charge in [0.2, 0.25) is 0 Å². The Hall–Kier alpha value is -4.52. The van der Waals surface area contributed by atoms with Crippen molar-refractivity contribution in [1.29, 1.82) is 0 Å². The van der Waals surface area contributed by atoms with Gasteiger partial charge in [-0.25, -0.2) is 19.7 Å². The average Bonchev–Trinajstić information content (AvgIpc) is 2.87. The number of rotatable bonds is 8. The Morgan fingerprint density at radius 1 is 0.829 bits per heavy atom. The van der Waals surface area contributed by atoms with Gasteiger partial charge in [-0.05, 0) is 37.1 Å². The van der Waals surface area contributed by atoms with Crippen molar-refractivity contribution in [1.82, 2.24) is 15.0 Å². The lowest BCUT2D eigenvalue weighted by Gasteiger charge is -2.12. The van der Waals surface area contributed by atoms with Crippen molar-refractivity contribution in [2.75, 3.05) is 13.2 Å². The van der Waals surface area contributed by atoms with Gasteiger partial charge in [-0.15, -0.1) is 0 Å². The highest BCUT2D eigenvalue weighted by atomic mass is 16.6. The number of benzene rings is 3. The molecule has 0 unspecified atom stereocenters. The molecular formula is C28H25N3O4. The van der Waals surface area contributed by atoms with Crippen LogP contribution in [0.25, 0.3) is 34.2 Å². The number of phenolic OH excluding ortho intramolecular Hbond substituents is 1. The number of nitrogens with zero attached hydrogens (tertiary/aromatic N) is 3. The quantitative estimate of drug-likeness (QED) is 0.213. The number of ether oxygens (including phenoxy) is 2. The maximum Gasteiger partial charge on any atom is 0.330 e. The summed E-state index contributed by atoms with van der Waals surface area (Å²) in [5.41, 5.74) is 4.29. The lowest BCUT2D eigenvalue weighted by Crippen LogP contribution is -2.10. The van der Waals surface area contributed by atoms with Gasteiger partial charge in [0, 0.05) is 23.3 Å². The second-order valence-electron chi connectivity index (χ2n) is 7.84. The van der Waals surface area contributed by atoms with Crippen molar-refractivity contribution in [2.45, 2.75) is 13.8 Å². The summed E-state index contributed by atoms with van der Waals surface area (Å²) < 4.78 is 10.5. The van der Waals surface area contributed by atoms with Crippen molar-refractivity contribution in [3.05, 3.63) is 90.5 Å². The Kier molecular flexibility index (Phi) is 7.16. The van der Waals surface area contributed by atoms with Crippen LogP contribution >= 0.6 is 0 Å². The molecule has 176 valence electrons. The summed E-state index contributed by atoms with van der Waals surface area (Å²) >= 11 is 0. The second-order valence-corrected chi connectivity index (χ2v) is 7.84. The first-order valence-corrected chi connectivity index (χ1v) is 11.1. The molecule has 4 rings (SSSR count). The van der Waals surface area contributed by atoms with Crippen LogP contribution in [0.4, 0.5) is 0 Å². The second kappa shape index (κ2) is 10.6. The third-order valence-corrected chi connectivity index (χ3v) is 5.38. The first-order valence-electron chi connectivity index (χ1n) is 11.1. The zero-order valence-electron chi connectivity index (χ0n) is 19.6. The summed E-state index contributed by atoms with van der Waals surface area (Å²) in [6.07, 6.45) is 1.09. The molecule has 35 heavy (non-hydrogen) atoms. The summed E-state index contributed by atoms with van der Waals surface area (Å²) in [6.45, 7) is 7.56. The molecular weight excluding hydrogens is 442 g/mol. The van der Waals surface area contributed by atoms with Gasteiger partial charge in [-0.2, -0.15) is 0 Å². The fraction of sp³-hybridized carbons (Fsp3) is 0.143. The standard InChI is InChI=1S/C28H25N3O4/c1-4-25(33)35-16-15-34-20-13-14-23(24(32)17-20)28-30-26(21-11-7-5-9-18(21)2)29-27(31-28)22-12-8-6-10-19(22)3/h4-14,17,32H,1,15-16H2,2-3H3. The molecule has 0 radical (unpaired) electrons. The highest BCUT2D eigenvalue weighted by Crippen LogP contribution is 2.33. The Bertz CT molecular complexity index is 1320. The fourth-order valence-electron chi connectivity index (χ4n) is 3.54. The molecule has 0 saturated carbocycles. The number of aromatic nitrogens is 3. The smallest absolute Gasteiger partial charge is 0.330 e. The highest BCUT2D eigenvalue weighted by Gasteiger charge is 2.17. The number of phenols is 1. The molecule has 0 bridgehead atoms. The van der Waals surface area contributed by atoms with E-state index in [1.807, 2.05) is 62.4 Å². The van der Waals surface area contributed by atoms with Crippen molar-refractivity contribution in [2.24, 2.45) is 0 Å². The van der Waals surface area contributed by atoms with Crippen LogP contribution in [0.3, 0.4) is 0 Å². The number of hydrogen-bond donors (Lipinski definition) is 1. The normalized spacial score (nSPS) is 10.6. The summed E-state index contributed by atoms with van der Waals surface area (Å²) in [6, 6.07) is 20.6. The zero-order chi connectivity index (χ0) is 24.8. The molecule has 0 spiro atoms. The molecule has 1 heterocycles. The topological polar surface area (TPSA) is 94.4 Å². The van der Waals surface area contributed by atoms with Crippen molar-refractivity contribution in [3.8, 4) is 45.7 Å². The molecule has 7 heteroatoms. The predicted octanol–water partition coefficient (Wildman–Crippen LogP) is 5.30. The fourth-order valence-corrected chi connectivity index (χ4v) is 3.54. The van der Waals surface area contributed by atoms with Crippen LogP contribution in [0.5, 0.6) is 11.5 Å². The number of esters is 1. The van der Waals surface area contributed by atoms with Crippen molar-refractivity contribution < 1.29 is 19.4 Å². The molecule has 0 atom stereocenters. The number of hydrogen-bond acceptors (Lipinski definition) is 7. The zero-order valence-corrected chi connectivity index (χ0v) is 19.6. The molecule has 0 aliphatic carbocycles. The van der Waals surface area contributed by atoms with Crippen LogP contribution in [0.15, 0.2) is 79.4 Å². The average molecular weight is 468 g/mol. The molecule has 3 aromatic carbocycles. The lowest BCUT2D eigenvalue weighted by molar-refractivity contribution is -0.138. The third kappa shape index (κ3) is 5.52. The van der Waals surface area contributed by atoms with Gasteiger partial charge in [0.05, 0.1) is 5.56 Å². The Balaban J connectivity index is 1.71. The summed E-state index contributed by atoms with van der Waals surface area (Å²) in [5, 5.41) is 10.8. The van der Waals surface area contributed by atoms with Crippen LogP contribution < -0.4 is 4.74 Å². The molecule has 1 N–H and O–H groups in total. The van der Waals surface area contributed by atoms with Gasteiger partial charge in [0.15, 0.2) is 17.5 Å². The maximum absolute atomic E-state index is 11.1. The first kappa shape index (κ1) is 23.6. The van der Waals surface area contributed by atoms with Crippen molar-refractivity contribution in [3.63, 3.8) is 0 Å². The molecule has 0 aliphatic heterocycles. The summed E-state index contributed by atoms with van der Waals surface area (Å²) in [4.78, 5) is 25.3. The van der Waals surface area contributed by atoms with E-state index in [9.17, 15) is 9.90 Å².